The van der Waals surface area contributed by atoms with Crippen molar-refractivity contribution >= 4 is 15.9 Å². The molecule has 4 nitrogen and oxygen atoms in total. The standard InChI is InChI=1S/C16H29BrN4/c1-6-21-15(16(17)13(5)19-21)10-20-9-12(4)18-8-14(20)7-11(2)3/h11-12,14,18H,6-10H2,1-5H3. The smallest absolute Gasteiger partial charge is 0.0739 e. The van der Waals surface area contributed by atoms with Gasteiger partial charge < -0.3 is 5.32 Å². The summed E-state index contributed by atoms with van der Waals surface area (Å²) in [5.41, 5.74) is 2.41. The summed E-state index contributed by atoms with van der Waals surface area (Å²) < 4.78 is 3.32. The van der Waals surface area contributed by atoms with Crippen LogP contribution in [0.2, 0.25) is 0 Å². The lowest BCUT2D eigenvalue weighted by molar-refractivity contribution is 0.108. The molecule has 1 aliphatic rings. The number of rotatable bonds is 5. The van der Waals surface area contributed by atoms with E-state index in [9.17, 15) is 0 Å². The van der Waals surface area contributed by atoms with Crippen LogP contribution in [0.25, 0.3) is 0 Å². The van der Waals surface area contributed by atoms with Gasteiger partial charge in [0.05, 0.1) is 15.9 Å². The molecule has 1 aliphatic heterocycles. The second-order valence-corrected chi connectivity index (χ2v) is 7.48. The summed E-state index contributed by atoms with van der Waals surface area (Å²) in [6.45, 7) is 15.3. The van der Waals surface area contributed by atoms with E-state index < -0.39 is 0 Å². The summed E-state index contributed by atoms with van der Waals surface area (Å²) in [6.07, 6.45) is 1.25. The number of nitrogens with zero attached hydrogens (tertiary/aromatic N) is 3. The van der Waals surface area contributed by atoms with E-state index in [1.807, 2.05) is 0 Å². The molecule has 0 amide bonds. The largest absolute Gasteiger partial charge is 0.311 e. The fourth-order valence-electron chi connectivity index (χ4n) is 3.21. The summed E-state index contributed by atoms with van der Waals surface area (Å²) in [5, 5.41) is 8.25. The monoisotopic (exact) mass is 356 g/mol. The second kappa shape index (κ2) is 7.25. The van der Waals surface area contributed by atoms with Gasteiger partial charge in [0.1, 0.15) is 0 Å². The molecule has 1 aromatic rings. The zero-order valence-electron chi connectivity index (χ0n) is 14.0. The van der Waals surface area contributed by atoms with Crippen LogP contribution in [0.4, 0.5) is 0 Å². The number of nitrogens with one attached hydrogen (secondary N) is 1. The molecule has 120 valence electrons. The molecule has 1 saturated heterocycles. The van der Waals surface area contributed by atoms with Crippen LogP contribution in [-0.4, -0.2) is 39.9 Å². The minimum absolute atomic E-state index is 0.561. The summed E-state index contributed by atoms with van der Waals surface area (Å²) >= 11 is 3.73. The van der Waals surface area contributed by atoms with Gasteiger partial charge in [-0.25, -0.2) is 0 Å². The lowest BCUT2D eigenvalue weighted by Gasteiger charge is -2.40. The van der Waals surface area contributed by atoms with E-state index in [1.54, 1.807) is 0 Å². The van der Waals surface area contributed by atoms with Crippen molar-refractivity contribution in [2.24, 2.45) is 5.92 Å². The Morgan fingerprint density at radius 1 is 1.43 bits per heavy atom. The minimum Gasteiger partial charge on any atom is -0.311 e. The van der Waals surface area contributed by atoms with Crippen molar-refractivity contribution in [3.05, 3.63) is 15.9 Å². The fraction of sp³-hybridized carbons (Fsp3) is 0.812. The van der Waals surface area contributed by atoms with Gasteiger partial charge in [-0.2, -0.15) is 5.10 Å². The first-order valence-corrected chi connectivity index (χ1v) is 8.90. The molecule has 1 fully saturated rings. The van der Waals surface area contributed by atoms with Crippen molar-refractivity contribution in [3.63, 3.8) is 0 Å². The quantitative estimate of drug-likeness (QED) is 0.879. The molecule has 0 aliphatic carbocycles. The normalized spacial score (nSPS) is 24.0. The first-order valence-electron chi connectivity index (χ1n) is 8.11. The van der Waals surface area contributed by atoms with Gasteiger partial charge in [-0.05, 0) is 49.0 Å². The molecular formula is C16H29BrN4. The molecule has 0 bridgehead atoms. The van der Waals surface area contributed by atoms with Gasteiger partial charge in [0.15, 0.2) is 0 Å². The van der Waals surface area contributed by atoms with Gasteiger partial charge in [0, 0.05) is 38.3 Å². The van der Waals surface area contributed by atoms with Gasteiger partial charge in [-0.3, -0.25) is 9.58 Å². The molecule has 2 heterocycles. The molecule has 2 unspecified atom stereocenters. The van der Waals surface area contributed by atoms with Crippen LogP contribution in [0.3, 0.4) is 0 Å². The van der Waals surface area contributed by atoms with E-state index in [0.29, 0.717) is 12.1 Å². The number of hydrogen-bond donors (Lipinski definition) is 1. The third kappa shape index (κ3) is 4.08. The van der Waals surface area contributed by atoms with Gasteiger partial charge in [-0.1, -0.05) is 13.8 Å². The van der Waals surface area contributed by atoms with Crippen LogP contribution in [0.15, 0.2) is 4.47 Å². The molecule has 2 rings (SSSR count). The zero-order valence-corrected chi connectivity index (χ0v) is 15.6. The third-order valence-corrected chi connectivity index (χ3v) is 5.31. The van der Waals surface area contributed by atoms with Crippen LogP contribution in [0, 0.1) is 12.8 Å². The molecule has 0 radical (unpaired) electrons. The van der Waals surface area contributed by atoms with Crippen LogP contribution in [0.1, 0.15) is 45.5 Å². The van der Waals surface area contributed by atoms with E-state index in [1.165, 1.54) is 16.6 Å². The Labute approximate surface area is 137 Å². The average Bonchev–Trinajstić information content (AvgIpc) is 2.69. The topological polar surface area (TPSA) is 33.1 Å². The van der Waals surface area contributed by atoms with E-state index in [-0.39, 0.29) is 0 Å². The van der Waals surface area contributed by atoms with Crippen LogP contribution in [0.5, 0.6) is 0 Å². The summed E-state index contributed by atoms with van der Waals surface area (Å²) in [6, 6.07) is 1.18. The Morgan fingerprint density at radius 3 is 2.76 bits per heavy atom. The van der Waals surface area contributed by atoms with Gasteiger partial charge in [0.2, 0.25) is 0 Å². The molecule has 5 heteroatoms. The number of aryl methyl sites for hydroxylation is 2. The molecule has 1 aromatic heterocycles. The molecule has 21 heavy (non-hydrogen) atoms. The molecule has 2 atom stereocenters. The van der Waals surface area contributed by atoms with E-state index in [2.05, 4.69) is 70.5 Å². The fourth-order valence-corrected chi connectivity index (χ4v) is 3.62. The molecule has 0 saturated carbocycles. The van der Waals surface area contributed by atoms with Crippen molar-refractivity contribution in [2.45, 2.75) is 66.2 Å². The first-order chi connectivity index (χ1) is 9.92. The van der Waals surface area contributed by atoms with E-state index >= 15 is 0 Å². The lowest BCUT2D eigenvalue weighted by atomic mass is 9.99. The highest BCUT2D eigenvalue weighted by Gasteiger charge is 2.28. The zero-order chi connectivity index (χ0) is 15.6. The summed E-state index contributed by atoms with van der Waals surface area (Å²) in [4.78, 5) is 2.63. The maximum atomic E-state index is 4.63. The van der Waals surface area contributed by atoms with Crippen molar-refractivity contribution in [3.8, 4) is 0 Å². The van der Waals surface area contributed by atoms with Crippen molar-refractivity contribution in [1.29, 1.82) is 0 Å². The number of halogens is 1. The van der Waals surface area contributed by atoms with Crippen molar-refractivity contribution in [2.75, 3.05) is 13.1 Å². The second-order valence-electron chi connectivity index (χ2n) is 6.68. The predicted octanol–water partition coefficient (Wildman–Crippen LogP) is 3.18. The highest BCUT2D eigenvalue weighted by Crippen LogP contribution is 2.25. The number of aromatic nitrogens is 2. The van der Waals surface area contributed by atoms with Crippen LogP contribution in [-0.2, 0) is 13.1 Å². The van der Waals surface area contributed by atoms with Gasteiger partial charge in [-0.15, -0.1) is 0 Å². The third-order valence-electron chi connectivity index (χ3n) is 4.28. The Kier molecular flexibility index (Phi) is 5.86. The lowest BCUT2D eigenvalue weighted by Crippen LogP contribution is -2.55. The van der Waals surface area contributed by atoms with Gasteiger partial charge >= 0.3 is 0 Å². The number of piperazine rings is 1. The molecular weight excluding hydrogens is 328 g/mol. The highest BCUT2D eigenvalue weighted by atomic mass is 79.9. The SMILES string of the molecule is CCn1nc(C)c(Br)c1CN1CC(C)NCC1CC(C)C. The summed E-state index contributed by atoms with van der Waals surface area (Å²) in [7, 11) is 0. The minimum atomic E-state index is 0.561. The molecule has 1 N–H and O–H groups in total. The molecule has 0 aromatic carbocycles. The van der Waals surface area contributed by atoms with Crippen molar-refractivity contribution < 1.29 is 0 Å². The predicted molar refractivity (Wildman–Crippen MR) is 91.5 cm³/mol. The van der Waals surface area contributed by atoms with E-state index in [4.69, 9.17) is 0 Å². The maximum Gasteiger partial charge on any atom is 0.0739 e. The van der Waals surface area contributed by atoms with Crippen molar-refractivity contribution in [1.82, 2.24) is 20.0 Å². The Hall–Kier alpha value is -0.390. The van der Waals surface area contributed by atoms with Crippen LogP contribution >= 0.6 is 15.9 Å². The number of hydrogen-bond acceptors (Lipinski definition) is 3. The van der Waals surface area contributed by atoms with E-state index in [0.717, 1.165) is 37.8 Å². The maximum absolute atomic E-state index is 4.63. The van der Waals surface area contributed by atoms with Crippen LogP contribution < -0.4 is 5.32 Å². The molecule has 0 spiro atoms. The summed E-state index contributed by atoms with van der Waals surface area (Å²) in [5.74, 6) is 0.731. The van der Waals surface area contributed by atoms with Gasteiger partial charge in [0.25, 0.3) is 0 Å². The average molecular weight is 357 g/mol. The Bertz CT molecular complexity index is 469. The highest BCUT2D eigenvalue weighted by molar-refractivity contribution is 9.10. The first kappa shape index (κ1) is 17.0. The Balaban J connectivity index is 2.18. The Morgan fingerprint density at radius 2 is 2.14 bits per heavy atom.